The summed E-state index contributed by atoms with van der Waals surface area (Å²) in [5, 5.41) is 3.28. The average molecular weight is 480 g/mol. The van der Waals surface area contributed by atoms with Crippen LogP contribution in [-0.4, -0.2) is 67.6 Å². The lowest BCUT2D eigenvalue weighted by atomic mass is 9.94. The van der Waals surface area contributed by atoms with Crippen LogP contribution < -0.4 is 14.8 Å². The molecule has 2 heterocycles. The van der Waals surface area contributed by atoms with Crippen molar-refractivity contribution in [3.05, 3.63) is 60.2 Å². The number of para-hydroxylation sites is 2. The van der Waals surface area contributed by atoms with Crippen molar-refractivity contribution in [2.75, 3.05) is 39.9 Å². The second-order valence-corrected chi connectivity index (χ2v) is 9.44. The van der Waals surface area contributed by atoms with E-state index in [9.17, 15) is 9.59 Å². The number of rotatable bonds is 9. The van der Waals surface area contributed by atoms with Crippen molar-refractivity contribution in [2.45, 2.75) is 44.7 Å². The van der Waals surface area contributed by atoms with E-state index in [4.69, 9.17) is 9.47 Å². The van der Waals surface area contributed by atoms with Gasteiger partial charge in [0.25, 0.3) is 0 Å². The van der Waals surface area contributed by atoms with Gasteiger partial charge in [0.15, 0.2) is 0 Å². The van der Waals surface area contributed by atoms with Gasteiger partial charge in [-0.2, -0.15) is 0 Å². The molecule has 1 N–H and O–H groups in total. The molecule has 7 heteroatoms. The maximum absolute atomic E-state index is 12.9. The lowest BCUT2D eigenvalue weighted by molar-refractivity contribution is -0.136. The second-order valence-electron chi connectivity index (χ2n) is 9.44. The van der Waals surface area contributed by atoms with Crippen molar-refractivity contribution in [1.29, 1.82) is 0 Å². The summed E-state index contributed by atoms with van der Waals surface area (Å²) in [6.07, 6.45) is 3.73. The van der Waals surface area contributed by atoms with Crippen LogP contribution >= 0.6 is 0 Å². The zero-order chi connectivity index (χ0) is 24.5. The molecule has 35 heavy (non-hydrogen) atoms. The third-order valence-electron chi connectivity index (χ3n) is 7.07. The highest BCUT2D eigenvalue weighted by atomic mass is 16.5. The molecule has 2 saturated heterocycles. The van der Waals surface area contributed by atoms with Crippen molar-refractivity contribution < 1.29 is 19.1 Å². The summed E-state index contributed by atoms with van der Waals surface area (Å²) in [6.45, 7) is 4.44. The van der Waals surface area contributed by atoms with Gasteiger partial charge >= 0.3 is 0 Å². The molecule has 4 rings (SSSR count). The Kier molecular flexibility index (Phi) is 9.01. The molecule has 7 nitrogen and oxygen atoms in total. The molecule has 2 amide bonds. The van der Waals surface area contributed by atoms with Crippen molar-refractivity contribution in [1.82, 2.24) is 15.1 Å². The Balaban J connectivity index is 1.13. The Bertz CT molecular complexity index is 952. The van der Waals surface area contributed by atoms with Crippen molar-refractivity contribution in [3.63, 3.8) is 0 Å². The van der Waals surface area contributed by atoms with Gasteiger partial charge in [0.2, 0.25) is 11.8 Å². The first-order valence-electron chi connectivity index (χ1n) is 12.7. The second kappa shape index (κ2) is 12.6. The van der Waals surface area contributed by atoms with Crippen molar-refractivity contribution >= 4 is 11.8 Å². The SMILES string of the molecule is COc1ccccc1CN1CCC(NC(=O)C2CCN(C(=O)CCOc3ccccc3)CC2)CC1. The Morgan fingerprint density at radius 2 is 1.60 bits per heavy atom. The van der Waals surface area contributed by atoms with Gasteiger partial charge in [0, 0.05) is 50.2 Å². The number of amides is 2. The Hall–Kier alpha value is -3.06. The van der Waals surface area contributed by atoms with E-state index in [1.807, 2.05) is 53.4 Å². The summed E-state index contributed by atoms with van der Waals surface area (Å²) >= 11 is 0. The Morgan fingerprint density at radius 1 is 0.914 bits per heavy atom. The van der Waals surface area contributed by atoms with E-state index >= 15 is 0 Å². The quantitative estimate of drug-likeness (QED) is 0.596. The molecule has 0 unspecified atom stereocenters. The number of benzene rings is 2. The van der Waals surface area contributed by atoms with E-state index < -0.39 is 0 Å². The maximum atomic E-state index is 12.9. The van der Waals surface area contributed by atoms with Crippen LogP contribution in [0.5, 0.6) is 11.5 Å². The highest BCUT2D eigenvalue weighted by Gasteiger charge is 2.29. The lowest BCUT2D eigenvalue weighted by Crippen LogP contribution is -2.48. The molecular formula is C28H37N3O4. The molecular weight excluding hydrogens is 442 g/mol. The van der Waals surface area contributed by atoms with Crippen LogP contribution in [-0.2, 0) is 16.1 Å². The fourth-order valence-electron chi connectivity index (χ4n) is 4.95. The molecule has 0 aromatic heterocycles. The van der Waals surface area contributed by atoms with Crippen LogP contribution in [0.15, 0.2) is 54.6 Å². The number of methoxy groups -OCH3 is 1. The number of likely N-dealkylation sites (tertiary alicyclic amines) is 2. The summed E-state index contributed by atoms with van der Waals surface area (Å²) in [6, 6.07) is 17.9. The fraction of sp³-hybridized carbons (Fsp3) is 0.500. The molecule has 2 aliphatic heterocycles. The summed E-state index contributed by atoms with van der Waals surface area (Å²) in [7, 11) is 1.71. The number of nitrogens with zero attached hydrogens (tertiary/aromatic N) is 2. The summed E-state index contributed by atoms with van der Waals surface area (Å²) in [4.78, 5) is 29.7. The van der Waals surface area contributed by atoms with Crippen molar-refractivity contribution in [2.24, 2.45) is 5.92 Å². The standard InChI is InChI=1S/C28H37N3O4/c1-34-26-10-6-5-7-23(26)21-30-16-13-24(14-17-30)29-28(33)22-11-18-31(19-12-22)27(32)15-20-35-25-8-3-2-4-9-25/h2-10,22,24H,11-21H2,1H3,(H,29,33). The van der Waals surface area contributed by atoms with Crippen LogP contribution in [0, 0.1) is 5.92 Å². The van der Waals surface area contributed by atoms with E-state index in [0.717, 1.165) is 56.8 Å². The first-order chi connectivity index (χ1) is 17.1. The first-order valence-corrected chi connectivity index (χ1v) is 12.7. The van der Waals surface area contributed by atoms with Gasteiger partial charge in [0.1, 0.15) is 11.5 Å². The predicted octanol–water partition coefficient (Wildman–Crippen LogP) is 3.48. The van der Waals surface area contributed by atoms with Crippen molar-refractivity contribution in [3.8, 4) is 11.5 Å². The predicted molar refractivity (Wildman–Crippen MR) is 135 cm³/mol. The number of carbonyl (C=O) groups excluding carboxylic acids is 2. The highest BCUT2D eigenvalue weighted by Crippen LogP contribution is 2.23. The molecule has 2 aromatic rings. The van der Waals surface area contributed by atoms with Gasteiger partial charge in [-0.3, -0.25) is 14.5 Å². The van der Waals surface area contributed by atoms with E-state index in [2.05, 4.69) is 16.3 Å². The first kappa shape index (κ1) is 25.0. The van der Waals surface area contributed by atoms with Crippen LogP contribution in [0.1, 0.15) is 37.7 Å². The van der Waals surface area contributed by atoms with Gasteiger partial charge in [0.05, 0.1) is 20.1 Å². The third kappa shape index (κ3) is 7.21. The molecule has 0 saturated carbocycles. The zero-order valence-corrected chi connectivity index (χ0v) is 20.7. The van der Waals surface area contributed by atoms with Crippen LogP contribution in [0.4, 0.5) is 0 Å². The summed E-state index contributed by atoms with van der Waals surface area (Å²) in [5.74, 6) is 1.94. The van der Waals surface area contributed by atoms with E-state index in [-0.39, 0.29) is 23.8 Å². The van der Waals surface area contributed by atoms with Gasteiger partial charge in [-0.1, -0.05) is 36.4 Å². The minimum atomic E-state index is -0.00812. The highest BCUT2D eigenvalue weighted by molar-refractivity contribution is 5.80. The number of carbonyl (C=O) groups is 2. The molecule has 2 aliphatic rings. The minimum absolute atomic E-state index is 0.00812. The van der Waals surface area contributed by atoms with E-state index in [1.54, 1.807) is 7.11 Å². The maximum Gasteiger partial charge on any atom is 0.225 e. The lowest BCUT2D eigenvalue weighted by Gasteiger charge is -2.35. The van der Waals surface area contributed by atoms with Gasteiger partial charge in [-0.05, 0) is 43.9 Å². The molecule has 2 aromatic carbocycles. The van der Waals surface area contributed by atoms with Gasteiger partial charge in [-0.15, -0.1) is 0 Å². The molecule has 2 fully saturated rings. The van der Waals surface area contributed by atoms with Gasteiger partial charge in [-0.25, -0.2) is 0 Å². The van der Waals surface area contributed by atoms with Crippen LogP contribution in [0.3, 0.4) is 0 Å². The molecule has 0 radical (unpaired) electrons. The zero-order valence-electron chi connectivity index (χ0n) is 20.7. The molecule has 0 spiro atoms. The number of piperidine rings is 2. The number of hydrogen-bond donors (Lipinski definition) is 1. The summed E-state index contributed by atoms with van der Waals surface area (Å²) in [5.41, 5.74) is 1.20. The van der Waals surface area contributed by atoms with Crippen LogP contribution in [0.2, 0.25) is 0 Å². The molecule has 188 valence electrons. The number of nitrogens with one attached hydrogen (secondary N) is 1. The van der Waals surface area contributed by atoms with Crippen LogP contribution in [0.25, 0.3) is 0 Å². The topological polar surface area (TPSA) is 71.1 Å². The molecule has 0 atom stereocenters. The summed E-state index contributed by atoms with van der Waals surface area (Å²) < 4.78 is 11.1. The fourth-order valence-corrected chi connectivity index (χ4v) is 4.95. The smallest absolute Gasteiger partial charge is 0.225 e. The monoisotopic (exact) mass is 479 g/mol. The molecule has 0 bridgehead atoms. The third-order valence-corrected chi connectivity index (χ3v) is 7.07. The minimum Gasteiger partial charge on any atom is -0.496 e. The Morgan fingerprint density at radius 3 is 2.31 bits per heavy atom. The molecule has 0 aliphatic carbocycles. The average Bonchev–Trinajstić information content (AvgIpc) is 2.90. The van der Waals surface area contributed by atoms with E-state index in [1.165, 1.54) is 5.56 Å². The van der Waals surface area contributed by atoms with E-state index in [0.29, 0.717) is 26.1 Å². The van der Waals surface area contributed by atoms with Gasteiger partial charge < -0.3 is 19.7 Å². The number of ether oxygens (including phenoxy) is 2. The normalized spacial score (nSPS) is 17.7. The number of hydrogen-bond acceptors (Lipinski definition) is 5. The largest absolute Gasteiger partial charge is 0.496 e. The Labute approximate surface area is 208 Å².